The molecule has 2 fully saturated rings. The maximum Gasteiger partial charge on any atom is 0.222 e. The predicted molar refractivity (Wildman–Crippen MR) is 86.8 cm³/mol. The van der Waals surface area contributed by atoms with Crippen molar-refractivity contribution in [1.82, 2.24) is 19.8 Å². The molecule has 2 aliphatic heterocycles. The van der Waals surface area contributed by atoms with E-state index >= 15 is 0 Å². The predicted octanol–water partition coefficient (Wildman–Crippen LogP) is 0.857. The largest absolute Gasteiger partial charge is 0.392 e. The zero-order valence-electron chi connectivity index (χ0n) is 13.6. The summed E-state index contributed by atoms with van der Waals surface area (Å²) in [4.78, 5) is 25.0. The molecule has 0 aliphatic carbocycles. The van der Waals surface area contributed by atoms with Gasteiger partial charge in [-0.05, 0) is 38.6 Å². The molecule has 0 unspecified atom stereocenters. The van der Waals surface area contributed by atoms with Crippen molar-refractivity contribution in [3.05, 3.63) is 24.3 Å². The Morgan fingerprint density at radius 2 is 2.04 bits per heavy atom. The van der Waals surface area contributed by atoms with E-state index in [0.717, 1.165) is 57.6 Å². The summed E-state index contributed by atoms with van der Waals surface area (Å²) in [5.41, 5.74) is 0.873. The number of aromatic nitrogens is 2. The number of aliphatic hydroxyl groups excluding tert-OH is 1. The van der Waals surface area contributed by atoms with E-state index in [1.807, 2.05) is 4.90 Å². The summed E-state index contributed by atoms with van der Waals surface area (Å²) < 4.78 is 0. The van der Waals surface area contributed by atoms with Crippen LogP contribution in [-0.4, -0.2) is 69.1 Å². The molecular formula is C17H26N4O2. The molecule has 23 heavy (non-hydrogen) atoms. The highest BCUT2D eigenvalue weighted by atomic mass is 16.3. The Morgan fingerprint density at radius 3 is 2.74 bits per heavy atom. The third-order valence-corrected chi connectivity index (χ3v) is 4.97. The number of amides is 1. The van der Waals surface area contributed by atoms with Gasteiger partial charge in [0.1, 0.15) is 0 Å². The molecule has 3 heterocycles. The van der Waals surface area contributed by atoms with Crippen LogP contribution in [0, 0.1) is 0 Å². The Labute approximate surface area is 137 Å². The monoisotopic (exact) mass is 318 g/mol. The number of β-amino-alcohol motifs (C(OH)–C–C–N with tert-alkyl or cyclic N) is 1. The van der Waals surface area contributed by atoms with Crippen molar-refractivity contribution in [3.63, 3.8) is 0 Å². The second-order valence-corrected chi connectivity index (χ2v) is 6.60. The van der Waals surface area contributed by atoms with Crippen LogP contribution in [0.1, 0.15) is 37.8 Å². The van der Waals surface area contributed by atoms with Gasteiger partial charge in [0.2, 0.25) is 5.91 Å². The smallest absolute Gasteiger partial charge is 0.222 e. The van der Waals surface area contributed by atoms with Gasteiger partial charge in [-0.3, -0.25) is 19.7 Å². The number of piperidine rings is 2. The average molecular weight is 318 g/mol. The van der Waals surface area contributed by atoms with E-state index in [2.05, 4.69) is 14.9 Å². The van der Waals surface area contributed by atoms with Gasteiger partial charge in [0.15, 0.2) is 0 Å². The summed E-state index contributed by atoms with van der Waals surface area (Å²) >= 11 is 0. The summed E-state index contributed by atoms with van der Waals surface area (Å²) in [6.07, 6.45) is 10.1. The molecule has 0 bridgehead atoms. The first-order valence-electron chi connectivity index (χ1n) is 8.67. The van der Waals surface area contributed by atoms with Crippen LogP contribution in [0.3, 0.4) is 0 Å². The van der Waals surface area contributed by atoms with Gasteiger partial charge < -0.3 is 10.0 Å². The molecule has 2 aliphatic rings. The summed E-state index contributed by atoms with van der Waals surface area (Å²) in [5.74, 6) is 0.216. The minimum atomic E-state index is -0.171. The number of likely N-dealkylation sites (tertiary alicyclic amines) is 2. The molecule has 3 rings (SSSR count). The Morgan fingerprint density at radius 1 is 1.22 bits per heavy atom. The van der Waals surface area contributed by atoms with Crippen LogP contribution in [0.25, 0.3) is 0 Å². The van der Waals surface area contributed by atoms with Crippen molar-refractivity contribution in [2.45, 2.75) is 50.7 Å². The van der Waals surface area contributed by atoms with E-state index in [4.69, 9.17) is 0 Å². The summed E-state index contributed by atoms with van der Waals surface area (Å²) in [6.45, 7) is 3.54. The van der Waals surface area contributed by atoms with Crippen molar-refractivity contribution in [2.24, 2.45) is 0 Å². The molecule has 1 amide bonds. The maximum atomic E-state index is 12.3. The molecule has 0 saturated carbocycles. The van der Waals surface area contributed by atoms with Crippen LogP contribution in [0.4, 0.5) is 0 Å². The number of nitrogens with zero attached hydrogens (tertiary/aromatic N) is 4. The van der Waals surface area contributed by atoms with Gasteiger partial charge in [-0.15, -0.1) is 0 Å². The fourth-order valence-electron chi connectivity index (χ4n) is 3.65. The van der Waals surface area contributed by atoms with Crippen LogP contribution in [-0.2, 0) is 11.2 Å². The first kappa shape index (κ1) is 16.3. The fourth-order valence-corrected chi connectivity index (χ4v) is 3.65. The fraction of sp³-hybridized carbons (Fsp3) is 0.706. The van der Waals surface area contributed by atoms with Crippen molar-refractivity contribution < 1.29 is 9.90 Å². The number of aliphatic hydroxyl groups is 1. The molecule has 6 nitrogen and oxygen atoms in total. The van der Waals surface area contributed by atoms with E-state index in [-0.39, 0.29) is 12.0 Å². The summed E-state index contributed by atoms with van der Waals surface area (Å²) in [5, 5.41) is 9.81. The standard InChI is InChI=1S/C17H26N4O2/c22-16-2-1-9-21(13-16)15-5-10-20(11-6-15)17(23)4-3-14-12-18-7-8-19-14/h7-8,12,15-16,22H,1-6,9-11,13H2/t16-/m1/s1. The van der Waals surface area contributed by atoms with Crippen molar-refractivity contribution in [2.75, 3.05) is 26.2 Å². The molecule has 1 aromatic rings. The lowest BCUT2D eigenvalue weighted by molar-refractivity contribution is -0.133. The number of carbonyl (C=O) groups is 1. The number of aryl methyl sites for hydroxylation is 1. The van der Waals surface area contributed by atoms with Crippen LogP contribution in [0.5, 0.6) is 0 Å². The van der Waals surface area contributed by atoms with Gasteiger partial charge >= 0.3 is 0 Å². The second-order valence-electron chi connectivity index (χ2n) is 6.60. The molecule has 0 aromatic carbocycles. The van der Waals surface area contributed by atoms with Crippen molar-refractivity contribution in [3.8, 4) is 0 Å². The average Bonchev–Trinajstić information content (AvgIpc) is 2.61. The third-order valence-electron chi connectivity index (χ3n) is 4.97. The van der Waals surface area contributed by atoms with Gasteiger partial charge in [-0.2, -0.15) is 0 Å². The minimum absolute atomic E-state index is 0.171. The van der Waals surface area contributed by atoms with Crippen LogP contribution in [0.15, 0.2) is 18.6 Å². The van der Waals surface area contributed by atoms with Gasteiger partial charge in [0, 0.05) is 50.7 Å². The SMILES string of the molecule is O=C(CCc1cnccn1)N1CCC(N2CCC[C@@H](O)C2)CC1. The molecule has 6 heteroatoms. The van der Waals surface area contributed by atoms with E-state index in [1.54, 1.807) is 18.6 Å². The second kappa shape index (κ2) is 7.84. The highest BCUT2D eigenvalue weighted by molar-refractivity contribution is 5.76. The highest BCUT2D eigenvalue weighted by Crippen LogP contribution is 2.21. The molecule has 1 N–H and O–H groups in total. The van der Waals surface area contributed by atoms with Gasteiger partial charge in [0.25, 0.3) is 0 Å². The molecule has 1 atom stereocenters. The van der Waals surface area contributed by atoms with E-state index in [0.29, 0.717) is 18.9 Å². The third kappa shape index (κ3) is 4.48. The Hall–Kier alpha value is -1.53. The van der Waals surface area contributed by atoms with Crippen LogP contribution < -0.4 is 0 Å². The van der Waals surface area contributed by atoms with Gasteiger partial charge in [-0.1, -0.05) is 0 Å². The van der Waals surface area contributed by atoms with Gasteiger partial charge in [0.05, 0.1) is 11.8 Å². The molecular weight excluding hydrogens is 292 g/mol. The lowest BCUT2D eigenvalue weighted by Crippen LogP contribution is -2.50. The van der Waals surface area contributed by atoms with E-state index in [9.17, 15) is 9.90 Å². The topological polar surface area (TPSA) is 69.6 Å². The number of hydrogen-bond donors (Lipinski definition) is 1. The molecule has 126 valence electrons. The van der Waals surface area contributed by atoms with Crippen molar-refractivity contribution in [1.29, 1.82) is 0 Å². The number of rotatable bonds is 4. The molecule has 2 saturated heterocycles. The Kier molecular flexibility index (Phi) is 5.56. The highest BCUT2D eigenvalue weighted by Gasteiger charge is 2.29. The maximum absolute atomic E-state index is 12.3. The van der Waals surface area contributed by atoms with Gasteiger partial charge in [-0.25, -0.2) is 0 Å². The van der Waals surface area contributed by atoms with Crippen LogP contribution in [0.2, 0.25) is 0 Å². The summed E-state index contributed by atoms with van der Waals surface area (Å²) in [6, 6.07) is 0.522. The summed E-state index contributed by atoms with van der Waals surface area (Å²) in [7, 11) is 0. The Bertz CT molecular complexity index is 503. The quantitative estimate of drug-likeness (QED) is 0.891. The van der Waals surface area contributed by atoms with Crippen molar-refractivity contribution >= 4 is 5.91 Å². The lowest BCUT2D eigenvalue weighted by Gasteiger charge is -2.41. The number of carbonyl (C=O) groups excluding carboxylic acids is 1. The van der Waals surface area contributed by atoms with E-state index in [1.165, 1.54) is 0 Å². The lowest BCUT2D eigenvalue weighted by atomic mass is 9.98. The Balaban J connectivity index is 1.42. The molecule has 0 spiro atoms. The van der Waals surface area contributed by atoms with E-state index < -0.39 is 0 Å². The van der Waals surface area contributed by atoms with Crippen LogP contribution >= 0.6 is 0 Å². The first-order valence-corrected chi connectivity index (χ1v) is 8.67. The molecule has 1 aromatic heterocycles. The normalized spacial score (nSPS) is 23.9. The zero-order chi connectivity index (χ0) is 16.1. The molecule has 0 radical (unpaired) electrons. The number of hydrogen-bond acceptors (Lipinski definition) is 5. The zero-order valence-corrected chi connectivity index (χ0v) is 13.6. The first-order chi connectivity index (χ1) is 11.2. The minimum Gasteiger partial charge on any atom is -0.392 e.